The minimum atomic E-state index is 0.837. The van der Waals surface area contributed by atoms with Crippen molar-refractivity contribution in [1.29, 1.82) is 0 Å². The number of hydrogen-bond donors (Lipinski definition) is 0. The van der Waals surface area contributed by atoms with E-state index in [1.165, 1.54) is 50.1 Å². The van der Waals surface area contributed by atoms with Gasteiger partial charge in [-0.3, -0.25) is 9.80 Å². The first-order valence-electron chi connectivity index (χ1n) is 8.92. The van der Waals surface area contributed by atoms with Gasteiger partial charge in [-0.25, -0.2) is 0 Å². The molecule has 2 heteroatoms. The van der Waals surface area contributed by atoms with Crippen molar-refractivity contribution in [1.82, 2.24) is 9.80 Å². The maximum atomic E-state index is 2.67. The largest absolute Gasteiger partial charge is 0.299 e. The van der Waals surface area contributed by atoms with Crippen molar-refractivity contribution in [2.45, 2.75) is 25.9 Å². The van der Waals surface area contributed by atoms with E-state index >= 15 is 0 Å². The minimum Gasteiger partial charge on any atom is -0.299 e. The van der Waals surface area contributed by atoms with Crippen molar-refractivity contribution in [2.75, 3.05) is 26.2 Å². The monoisotopic (exact) mass is 306 g/mol. The lowest BCUT2D eigenvalue weighted by Crippen LogP contribution is -2.35. The van der Waals surface area contributed by atoms with Crippen LogP contribution < -0.4 is 0 Å². The second kappa shape index (κ2) is 6.86. The Hall–Kier alpha value is -1.64. The van der Waals surface area contributed by atoms with Gasteiger partial charge in [-0.1, -0.05) is 54.6 Å². The van der Waals surface area contributed by atoms with Crippen LogP contribution in [0.5, 0.6) is 0 Å². The highest BCUT2D eigenvalue weighted by molar-refractivity contribution is 5.29. The van der Waals surface area contributed by atoms with Crippen LogP contribution in [-0.4, -0.2) is 36.0 Å². The van der Waals surface area contributed by atoms with E-state index in [1.807, 2.05) is 0 Å². The van der Waals surface area contributed by atoms with Crippen molar-refractivity contribution in [2.24, 2.45) is 5.92 Å². The van der Waals surface area contributed by atoms with E-state index in [0.29, 0.717) is 0 Å². The zero-order chi connectivity index (χ0) is 15.5. The molecule has 0 N–H and O–H groups in total. The van der Waals surface area contributed by atoms with Crippen LogP contribution >= 0.6 is 0 Å². The van der Waals surface area contributed by atoms with Gasteiger partial charge in [0.05, 0.1) is 0 Å². The summed E-state index contributed by atoms with van der Waals surface area (Å²) in [5, 5.41) is 0. The van der Waals surface area contributed by atoms with Crippen molar-refractivity contribution in [3.8, 4) is 0 Å². The summed E-state index contributed by atoms with van der Waals surface area (Å²) in [6.45, 7) is 7.26. The molecule has 0 aromatic heterocycles. The summed E-state index contributed by atoms with van der Waals surface area (Å²) >= 11 is 0. The molecule has 0 unspecified atom stereocenters. The molecule has 120 valence electrons. The summed E-state index contributed by atoms with van der Waals surface area (Å²) < 4.78 is 0. The van der Waals surface area contributed by atoms with Crippen LogP contribution in [0.4, 0.5) is 0 Å². The molecule has 4 rings (SSSR count). The van der Waals surface area contributed by atoms with Gasteiger partial charge in [0.15, 0.2) is 0 Å². The van der Waals surface area contributed by atoms with Crippen LogP contribution in [0, 0.1) is 5.92 Å². The van der Waals surface area contributed by atoms with Crippen molar-refractivity contribution >= 4 is 0 Å². The molecule has 0 aliphatic carbocycles. The first-order valence-corrected chi connectivity index (χ1v) is 8.92. The van der Waals surface area contributed by atoms with Crippen molar-refractivity contribution in [3.63, 3.8) is 0 Å². The van der Waals surface area contributed by atoms with Gasteiger partial charge in [0.1, 0.15) is 0 Å². The number of benzene rings is 2. The lowest BCUT2D eigenvalue weighted by Gasteiger charge is -2.30. The molecular weight excluding hydrogens is 280 g/mol. The molecule has 0 saturated carbocycles. The van der Waals surface area contributed by atoms with E-state index in [0.717, 1.165) is 19.0 Å². The SMILES string of the molecule is c1ccc(CN2CC[C@@H](CN3CCc4ccccc4C3)C2)cc1. The molecule has 2 heterocycles. The average molecular weight is 306 g/mol. The standard InChI is InChI=1S/C21H26N2/c1-2-6-18(7-3-1)14-22-12-10-19(15-22)16-23-13-11-20-8-4-5-9-21(20)17-23/h1-9,19H,10-17H2/t19-/m1/s1. The number of rotatable bonds is 4. The van der Waals surface area contributed by atoms with Crippen LogP contribution in [0.3, 0.4) is 0 Å². The highest BCUT2D eigenvalue weighted by Crippen LogP contribution is 2.23. The molecule has 23 heavy (non-hydrogen) atoms. The molecule has 2 nitrogen and oxygen atoms in total. The third kappa shape index (κ3) is 3.65. The normalized spacial score (nSPS) is 22.2. The topological polar surface area (TPSA) is 6.48 Å². The van der Waals surface area contributed by atoms with Gasteiger partial charge in [-0.15, -0.1) is 0 Å². The zero-order valence-electron chi connectivity index (χ0n) is 13.8. The van der Waals surface area contributed by atoms with Gasteiger partial charge < -0.3 is 0 Å². The number of fused-ring (bicyclic) bond motifs is 1. The van der Waals surface area contributed by atoms with Gasteiger partial charge in [0.2, 0.25) is 0 Å². The van der Waals surface area contributed by atoms with Crippen LogP contribution in [0.1, 0.15) is 23.1 Å². The molecule has 2 aliphatic heterocycles. The summed E-state index contributed by atoms with van der Waals surface area (Å²) in [6.07, 6.45) is 2.57. The zero-order valence-corrected chi connectivity index (χ0v) is 13.8. The Balaban J connectivity index is 1.30. The van der Waals surface area contributed by atoms with Crippen LogP contribution in [0.15, 0.2) is 54.6 Å². The van der Waals surface area contributed by atoms with Crippen LogP contribution in [0.25, 0.3) is 0 Å². The third-order valence-corrected chi connectivity index (χ3v) is 5.35. The highest BCUT2D eigenvalue weighted by Gasteiger charge is 2.25. The van der Waals surface area contributed by atoms with Gasteiger partial charge in [0.25, 0.3) is 0 Å². The second-order valence-corrected chi connectivity index (χ2v) is 7.13. The number of nitrogens with zero attached hydrogens (tertiary/aromatic N) is 2. The fourth-order valence-corrected chi connectivity index (χ4v) is 4.12. The maximum Gasteiger partial charge on any atom is 0.0236 e. The van der Waals surface area contributed by atoms with E-state index in [1.54, 1.807) is 5.56 Å². The molecule has 0 spiro atoms. The first-order chi connectivity index (χ1) is 11.4. The Kier molecular flexibility index (Phi) is 4.45. The quantitative estimate of drug-likeness (QED) is 0.852. The molecule has 0 radical (unpaired) electrons. The van der Waals surface area contributed by atoms with Gasteiger partial charge in [0, 0.05) is 32.7 Å². The first kappa shape index (κ1) is 14.9. The molecule has 2 aliphatic rings. The van der Waals surface area contributed by atoms with Crippen molar-refractivity contribution < 1.29 is 0 Å². The molecule has 2 aromatic carbocycles. The van der Waals surface area contributed by atoms with E-state index in [-0.39, 0.29) is 0 Å². The molecule has 1 saturated heterocycles. The second-order valence-electron chi connectivity index (χ2n) is 7.13. The van der Waals surface area contributed by atoms with Gasteiger partial charge >= 0.3 is 0 Å². The molecule has 2 aromatic rings. The molecule has 0 bridgehead atoms. The summed E-state index contributed by atoms with van der Waals surface area (Å²) in [6, 6.07) is 19.8. The fourth-order valence-electron chi connectivity index (χ4n) is 4.12. The van der Waals surface area contributed by atoms with Crippen molar-refractivity contribution in [3.05, 3.63) is 71.3 Å². The van der Waals surface area contributed by atoms with Gasteiger partial charge in [-0.05, 0) is 42.0 Å². The predicted octanol–water partition coefficient (Wildman–Crippen LogP) is 3.57. The highest BCUT2D eigenvalue weighted by atomic mass is 15.2. The Morgan fingerprint density at radius 2 is 1.61 bits per heavy atom. The summed E-state index contributed by atoms with van der Waals surface area (Å²) in [5.41, 5.74) is 4.54. The van der Waals surface area contributed by atoms with E-state index in [2.05, 4.69) is 64.4 Å². The van der Waals surface area contributed by atoms with E-state index < -0.39 is 0 Å². The lowest BCUT2D eigenvalue weighted by atomic mass is 9.98. The average Bonchev–Trinajstić information content (AvgIpc) is 3.02. The van der Waals surface area contributed by atoms with Crippen LogP contribution in [0.2, 0.25) is 0 Å². The molecular formula is C21H26N2. The molecule has 1 atom stereocenters. The van der Waals surface area contributed by atoms with E-state index in [9.17, 15) is 0 Å². The Bertz CT molecular complexity index is 637. The van der Waals surface area contributed by atoms with E-state index in [4.69, 9.17) is 0 Å². The Morgan fingerprint density at radius 1 is 0.826 bits per heavy atom. The predicted molar refractivity (Wildman–Crippen MR) is 95.2 cm³/mol. The Labute approximate surface area is 139 Å². The maximum absolute atomic E-state index is 2.67. The smallest absolute Gasteiger partial charge is 0.0236 e. The molecule has 1 fully saturated rings. The number of likely N-dealkylation sites (tertiary alicyclic amines) is 1. The summed E-state index contributed by atoms with van der Waals surface area (Å²) in [7, 11) is 0. The third-order valence-electron chi connectivity index (χ3n) is 5.35. The Morgan fingerprint density at radius 3 is 2.48 bits per heavy atom. The summed E-state index contributed by atoms with van der Waals surface area (Å²) in [4.78, 5) is 5.29. The van der Waals surface area contributed by atoms with Crippen LogP contribution in [-0.2, 0) is 19.5 Å². The molecule has 0 amide bonds. The summed E-state index contributed by atoms with van der Waals surface area (Å²) in [5.74, 6) is 0.837. The lowest BCUT2D eigenvalue weighted by molar-refractivity contribution is 0.209. The van der Waals surface area contributed by atoms with Gasteiger partial charge in [-0.2, -0.15) is 0 Å². The fraction of sp³-hybridized carbons (Fsp3) is 0.429. The minimum absolute atomic E-state index is 0.837. The number of hydrogen-bond acceptors (Lipinski definition) is 2.